The van der Waals surface area contributed by atoms with E-state index >= 15 is 0 Å². The van der Waals surface area contributed by atoms with E-state index in [0.29, 0.717) is 12.8 Å². The standard InChI is InChI=1S/C14H16F2N2O3/c1-2-14(12(19)20)6-3-7-18(14)13(21)17-11-8-9(15)4-5-10(11)16/h4-5,8H,2-3,6-7H2,1H3,(H,17,21)(H,19,20). The van der Waals surface area contributed by atoms with Crippen LogP contribution in [-0.4, -0.2) is 34.1 Å². The van der Waals surface area contributed by atoms with Gasteiger partial charge in [-0.05, 0) is 31.4 Å². The van der Waals surface area contributed by atoms with Crippen molar-refractivity contribution in [2.45, 2.75) is 31.7 Å². The van der Waals surface area contributed by atoms with Crippen LogP contribution in [0.1, 0.15) is 26.2 Å². The molecule has 0 bridgehead atoms. The zero-order valence-corrected chi connectivity index (χ0v) is 11.5. The van der Waals surface area contributed by atoms with Crippen molar-refractivity contribution in [3.63, 3.8) is 0 Å². The van der Waals surface area contributed by atoms with Gasteiger partial charge in [-0.15, -0.1) is 0 Å². The molecule has 1 aromatic carbocycles. The largest absolute Gasteiger partial charge is 0.479 e. The molecule has 2 N–H and O–H groups in total. The minimum atomic E-state index is -1.28. The monoisotopic (exact) mass is 298 g/mol. The first-order valence-corrected chi connectivity index (χ1v) is 6.68. The van der Waals surface area contributed by atoms with Gasteiger partial charge in [0, 0.05) is 12.6 Å². The number of carboxylic acids is 1. The van der Waals surface area contributed by atoms with Crippen LogP contribution in [-0.2, 0) is 4.79 Å². The summed E-state index contributed by atoms with van der Waals surface area (Å²) in [5.41, 5.74) is -1.59. The van der Waals surface area contributed by atoms with E-state index in [1.165, 1.54) is 4.90 Å². The summed E-state index contributed by atoms with van der Waals surface area (Å²) >= 11 is 0. The van der Waals surface area contributed by atoms with Crippen molar-refractivity contribution in [2.24, 2.45) is 0 Å². The van der Waals surface area contributed by atoms with E-state index in [0.717, 1.165) is 18.2 Å². The van der Waals surface area contributed by atoms with Crippen molar-refractivity contribution < 1.29 is 23.5 Å². The molecule has 2 rings (SSSR count). The van der Waals surface area contributed by atoms with Crippen LogP contribution >= 0.6 is 0 Å². The Morgan fingerprint density at radius 3 is 2.76 bits per heavy atom. The van der Waals surface area contributed by atoms with Crippen LogP contribution in [0.5, 0.6) is 0 Å². The average Bonchev–Trinajstić information content (AvgIpc) is 2.88. The molecule has 0 radical (unpaired) electrons. The summed E-state index contributed by atoms with van der Waals surface area (Å²) in [6.07, 6.45) is 1.15. The maximum absolute atomic E-state index is 13.5. The second kappa shape index (κ2) is 5.67. The van der Waals surface area contributed by atoms with E-state index in [9.17, 15) is 23.5 Å². The Morgan fingerprint density at radius 1 is 1.43 bits per heavy atom. The smallest absolute Gasteiger partial charge is 0.329 e. The number of hydrogen-bond acceptors (Lipinski definition) is 2. The number of likely N-dealkylation sites (tertiary alicyclic amines) is 1. The fourth-order valence-corrected chi connectivity index (χ4v) is 2.69. The highest BCUT2D eigenvalue weighted by molar-refractivity contribution is 5.94. The normalized spacial score (nSPS) is 21.4. The van der Waals surface area contributed by atoms with Crippen LogP contribution in [0.15, 0.2) is 18.2 Å². The summed E-state index contributed by atoms with van der Waals surface area (Å²) in [5.74, 6) is -2.55. The van der Waals surface area contributed by atoms with Crippen LogP contribution in [0.4, 0.5) is 19.3 Å². The quantitative estimate of drug-likeness (QED) is 0.901. The van der Waals surface area contributed by atoms with Crippen LogP contribution in [0, 0.1) is 11.6 Å². The molecule has 0 saturated carbocycles. The topological polar surface area (TPSA) is 69.6 Å². The summed E-state index contributed by atoms with van der Waals surface area (Å²) in [4.78, 5) is 24.9. The molecule has 7 heteroatoms. The molecule has 114 valence electrons. The molecule has 0 aromatic heterocycles. The molecule has 0 spiro atoms. The molecule has 1 aromatic rings. The summed E-state index contributed by atoms with van der Waals surface area (Å²) in [6, 6.07) is 1.96. The molecule has 1 fully saturated rings. The van der Waals surface area contributed by atoms with Gasteiger partial charge in [-0.1, -0.05) is 6.92 Å². The van der Waals surface area contributed by atoms with Gasteiger partial charge in [0.1, 0.15) is 17.2 Å². The number of aliphatic carboxylic acids is 1. The predicted octanol–water partition coefficient (Wildman–Crippen LogP) is 2.83. The van der Waals surface area contributed by atoms with E-state index in [-0.39, 0.29) is 18.7 Å². The van der Waals surface area contributed by atoms with E-state index in [2.05, 4.69) is 5.32 Å². The van der Waals surface area contributed by atoms with Gasteiger partial charge in [-0.3, -0.25) is 0 Å². The lowest BCUT2D eigenvalue weighted by Gasteiger charge is -2.33. The molecular weight excluding hydrogens is 282 g/mol. The van der Waals surface area contributed by atoms with Crippen LogP contribution in [0.3, 0.4) is 0 Å². The Bertz CT molecular complexity index is 579. The number of carboxylic acid groups (broad SMARTS) is 1. The fraction of sp³-hybridized carbons (Fsp3) is 0.429. The molecule has 21 heavy (non-hydrogen) atoms. The Kier molecular flexibility index (Phi) is 4.11. The molecule has 1 atom stereocenters. The van der Waals surface area contributed by atoms with Gasteiger partial charge < -0.3 is 15.3 Å². The average molecular weight is 298 g/mol. The number of benzene rings is 1. The van der Waals surface area contributed by atoms with Crippen molar-refractivity contribution in [1.29, 1.82) is 0 Å². The summed E-state index contributed by atoms with van der Waals surface area (Å²) < 4.78 is 26.6. The van der Waals surface area contributed by atoms with Crippen molar-refractivity contribution in [2.75, 3.05) is 11.9 Å². The minimum Gasteiger partial charge on any atom is -0.479 e. The molecule has 5 nitrogen and oxygen atoms in total. The number of rotatable bonds is 3. The highest BCUT2D eigenvalue weighted by Gasteiger charge is 2.48. The molecule has 1 heterocycles. The SMILES string of the molecule is CCC1(C(=O)O)CCCN1C(=O)Nc1cc(F)ccc1F. The summed E-state index contributed by atoms with van der Waals surface area (Å²) in [7, 11) is 0. The van der Waals surface area contributed by atoms with E-state index in [1.807, 2.05) is 0 Å². The fourth-order valence-electron chi connectivity index (χ4n) is 2.69. The minimum absolute atomic E-state index is 0.251. The van der Waals surface area contributed by atoms with Gasteiger partial charge in [-0.2, -0.15) is 0 Å². The number of anilines is 1. The molecule has 0 aliphatic carbocycles. The van der Waals surface area contributed by atoms with Crippen LogP contribution in [0.2, 0.25) is 0 Å². The lowest BCUT2D eigenvalue weighted by atomic mass is 9.93. The number of halogens is 2. The zero-order valence-electron chi connectivity index (χ0n) is 11.5. The molecular formula is C14H16F2N2O3. The van der Waals surface area contributed by atoms with Gasteiger partial charge in [-0.25, -0.2) is 18.4 Å². The lowest BCUT2D eigenvalue weighted by Crippen LogP contribution is -2.54. The van der Waals surface area contributed by atoms with Crippen LogP contribution < -0.4 is 5.32 Å². The predicted molar refractivity (Wildman–Crippen MR) is 72.0 cm³/mol. The summed E-state index contributed by atoms with van der Waals surface area (Å²) in [6.45, 7) is 1.95. The Morgan fingerprint density at radius 2 is 2.14 bits per heavy atom. The third kappa shape index (κ3) is 2.68. The lowest BCUT2D eigenvalue weighted by molar-refractivity contribution is -0.148. The number of amides is 2. The van der Waals surface area contributed by atoms with E-state index < -0.39 is 29.2 Å². The zero-order chi connectivity index (χ0) is 15.6. The number of nitrogens with zero attached hydrogens (tertiary/aromatic N) is 1. The number of hydrogen-bond donors (Lipinski definition) is 2. The number of nitrogens with one attached hydrogen (secondary N) is 1. The van der Waals surface area contributed by atoms with Crippen molar-refractivity contribution in [1.82, 2.24) is 4.90 Å². The third-order valence-corrected chi connectivity index (χ3v) is 3.89. The molecule has 1 aliphatic rings. The van der Waals surface area contributed by atoms with Gasteiger partial charge in [0.25, 0.3) is 0 Å². The number of urea groups is 1. The Labute approximate surface area is 120 Å². The van der Waals surface area contributed by atoms with Crippen molar-refractivity contribution >= 4 is 17.7 Å². The molecule has 2 amide bonds. The van der Waals surface area contributed by atoms with Gasteiger partial charge >= 0.3 is 12.0 Å². The molecule has 1 aliphatic heterocycles. The van der Waals surface area contributed by atoms with E-state index in [4.69, 9.17) is 0 Å². The van der Waals surface area contributed by atoms with Gasteiger partial charge in [0.2, 0.25) is 0 Å². The Balaban J connectivity index is 2.23. The van der Waals surface area contributed by atoms with E-state index in [1.54, 1.807) is 6.92 Å². The second-order valence-corrected chi connectivity index (χ2v) is 5.00. The maximum Gasteiger partial charge on any atom is 0.329 e. The van der Waals surface area contributed by atoms with Crippen molar-refractivity contribution in [3.05, 3.63) is 29.8 Å². The first-order valence-electron chi connectivity index (χ1n) is 6.68. The first-order chi connectivity index (χ1) is 9.90. The van der Waals surface area contributed by atoms with Gasteiger partial charge in [0.15, 0.2) is 0 Å². The maximum atomic E-state index is 13.5. The highest BCUT2D eigenvalue weighted by atomic mass is 19.1. The summed E-state index contributed by atoms with van der Waals surface area (Å²) in [5, 5.41) is 11.6. The highest BCUT2D eigenvalue weighted by Crippen LogP contribution is 2.33. The molecule has 1 saturated heterocycles. The first kappa shape index (κ1) is 15.2. The van der Waals surface area contributed by atoms with Crippen LogP contribution in [0.25, 0.3) is 0 Å². The third-order valence-electron chi connectivity index (χ3n) is 3.89. The number of carbonyl (C=O) groups is 2. The number of carbonyl (C=O) groups excluding carboxylic acids is 1. The van der Waals surface area contributed by atoms with Crippen molar-refractivity contribution in [3.8, 4) is 0 Å². The Hall–Kier alpha value is -2.18. The second-order valence-electron chi connectivity index (χ2n) is 5.00. The van der Waals surface area contributed by atoms with Gasteiger partial charge in [0.05, 0.1) is 5.69 Å². The molecule has 1 unspecified atom stereocenters.